The molecular formula is C20H22O6S. The van der Waals surface area contributed by atoms with Crippen molar-refractivity contribution in [1.29, 1.82) is 0 Å². The Labute approximate surface area is 158 Å². The van der Waals surface area contributed by atoms with Crippen molar-refractivity contribution in [3.8, 4) is 5.75 Å². The maximum Gasteiger partial charge on any atom is 0.314 e. The molecule has 1 fully saturated rings. The minimum absolute atomic E-state index is 0.121. The largest absolute Gasteiger partial charge is 0.497 e. The maximum atomic E-state index is 13.3. The van der Waals surface area contributed by atoms with Crippen LogP contribution in [0, 0.1) is 12.3 Å². The summed E-state index contributed by atoms with van der Waals surface area (Å²) < 4.78 is 36.8. The Morgan fingerprint density at radius 3 is 2.15 bits per heavy atom. The number of hydrogen-bond acceptors (Lipinski definition) is 5. The number of sulfone groups is 1. The minimum Gasteiger partial charge on any atom is -0.497 e. The fourth-order valence-electron chi connectivity index (χ4n) is 3.75. The Hall–Kier alpha value is -2.38. The molecule has 7 heteroatoms. The Morgan fingerprint density at radius 2 is 1.67 bits per heavy atom. The Bertz CT molecular complexity index is 933. The van der Waals surface area contributed by atoms with E-state index in [0.29, 0.717) is 11.3 Å². The molecular weight excluding hydrogens is 368 g/mol. The van der Waals surface area contributed by atoms with Crippen molar-refractivity contribution >= 4 is 15.8 Å². The molecule has 0 aliphatic heterocycles. The first kappa shape index (κ1) is 19.4. The number of carbonyl (C=O) groups is 1. The van der Waals surface area contributed by atoms with Crippen LogP contribution >= 0.6 is 0 Å². The molecule has 0 bridgehead atoms. The van der Waals surface area contributed by atoms with Crippen molar-refractivity contribution in [3.05, 3.63) is 59.7 Å². The lowest BCUT2D eigenvalue weighted by Gasteiger charge is -2.12. The zero-order valence-corrected chi connectivity index (χ0v) is 16.2. The highest BCUT2D eigenvalue weighted by Crippen LogP contribution is 2.64. The average Bonchev–Trinajstić information content (AvgIpc) is 3.33. The first-order valence-electron chi connectivity index (χ1n) is 8.46. The van der Waals surface area contributed by atoms with E-state index in [0.717, 1.165) is 5.56 Å². The van der Waals surface area contributed by atoms with Crippen molar-refractivity contribution in [2.75, 3.05) is 20.8 Å². The molecule has 0 amide bonds. The van der Waals surface area contributed by atoms with Crippen LogP contribution in [-0.4, -0.2) is 45.6 Å². The predicted molar refractivity (Wildman–Crippen MR) is 99.8 cm³/mol. The van der Waals surface area contributed by atoms with Gasteiger partial charge in [-0.15, -0.1) is 0 Å². The number of ether oxygens (including phenoxy) is 2. The first-order chi connectivity index (χ1) is 12.8. The molecule has 27 heavy (non-hydrogen) atoms. The van der Waals surface area contributed by atoms with E-state index >= 15 is 0 Å². The third-order valence-electron chi connectivity index (χ3n) is 5.20. The number of carboxylic acid groups (broad SMARTS) is 1. The second-order valence-corrected chi connectivity index (χ2v) is 8.88. The molecule has 3 atom stereocenters. The molecule has 1 N–H and O–H groups in total. The van der Waals surface area contributed by atoms with Crippen molar-refractivity contribution < 1.29 is 27.8 Å². The normalized spacial score (nSPS) is 24.4. The van der Waals surface area contributed by atoms with Crippen LogP contribution in [-0.2, 0) is 19.4 Å². The van der Waals surface area contributed by atoms with Crippen LogP contribution in [0.3, 0.4) is 0 Å². The van der Waals surface area contributed by atoms with Gasteiger partial charge in [-0.3, -0.25) is 4.79 Å². The van der Waals surface area contributed by atoms with Crippen molar-refractivity contribution in [2.45, 2.75) is 23.0 Å². The summed E-state index contributed by atoms with van der Waals surface area (Å²) in [6.45, 7) is 1.68. The second kappa shape index (κ2) is 6.98. The van der Waals surface area contributed by atoms with Crippen molar-refractivity contribution in [2.24, 2.45) is 5.41 Å². The van der Waals surface area contributed by atoms with Crippen molar-refractivity contribution in [1.82, 2.24) is 0 Å². The van der Waals surface area contributed by atoms with Gasteiger partial charge in [0.2, 0.25) is 0 Å². The quantitative estimate of drug-likeness (QED) is 0.782. The molecule has 0 heterocycles. The van der Waals surface area contributed by atoms with Gasteiger partial charge < -0.3 is 14.6 Å². The molecule has 0 spiro atoms. The van der Waals surface area contributed by atoms with Gasteiger partial charge in [0.05, 0.1) is 23.9 Å². The van der Waals surface area contributed by atoms with Crippen LogP contribution in [0.15, 0.2) is 53.4 Å². The van der Waals surface area contributed by atoms with Crippen LogP contribution in [0.4, 0.5) is 0 Å². The second-order valence-electron chi connectivity index (χ2n) is 6.81. The number of methoxy groups -OCH3 is 2. The van der Waals surface area contributed by atoms with Gasteiger partial charge in [0.15, 0.2) is 9.84 Å². The molecule has 1 saturated carbocycles. The predicted octanol–water partition coefficient (Wildman–Crippen LogP) is 2.66. The zero-order valence-electron chi connectivity index (χ0n) is 15.4. The monoisotopic (exact) mass is 390 g/mol. The molecule has 2 aromatic rings. The highest BCUT2D eigenvalue weighted by molar-refractivity contribution is 7.92. The summed E-state index contributed by atoms with van der Waals surface area (Å²) in [4.78, 5) is 12.3. The van der Waals surface area contributed by atoms with E-state index in [1.807, 2.05) is 6.92 Å². The molecule has 0 saturated heterocycles. The number of benzene rings is 2. The lowest BCUT2D eigenvalue weighted by Crippen LogP contribution is -2.28. The Balaban J connectivity index is 2.09. The topological polar surface area (TPSA) is 89.9 Å². The summed E-state index contributed by atoms with van der Waals surface area (Å²) >= 11 is 0. The summed E-state index contributed by atoms with van der Waals surface area (Å²) in [7, 11) is -0.953. The highest BCUT2D eigenvalue weighted by atomic mass is 32.2. The van der Waals surface area contributed by atoms with E-state index in [1.165, 1.54) is 26.4 Å². The van der Waals surface area contributed by atoms with Gasteiger partial charge in [-0.1, -0.05) is 29.8 Å². The van der Waals surface area contributed by atoms with Crippen molar-refractivity contribution in [3.63, 3.8) is 0 Å². The SMILES string of the molecule is COCC1(C(=O)O)C(c2ccc(OC)cc2)C1S(=O)(=O)c1ccc(C)cc1. The van der Waals surface area contributed by atoms with Crippen LogP contribution in [0.1, 0.15) is 17.0 Å². The number of aliphatic carboxylic acids is 1. The summed E-state index contributed by atoms with van der Waals surface area (Å²) in [5.41, 5.74) is 0.0429. The van der Waals surface area contributed by atoms with Gasteiger partial charge in [-0.05, 0) is 36.8 Å². The minimum atomic E-state index is -3.86. The zero-order chi connectivity index (χ0) is 19.8. The van der Waals surface area contributed by atoms with E-state index in [-0.39, 0.29) is 11.5 Å². The van der Waals surface area contributed by atoms with E-state index in [9.17, 15) is 18.3 Å². The summed E-state index contributed by atoms with van der Waals surface area (Å²) in [6.07, 6.45) is 0. The number of carboxylic acids is 1. The molecule has 3 unspecified atom stereocenters. The van der Waals surface area contributed by atoms with Gasteiger partial charge in [0.25, 0.3) is 0 Å². The third-order valence-corrected chi connectivity index (χ3v) is 7.49. The fourth-order valence-corrected chi connectivity index (χ4v) is 6.10. The summed E-state index contributed by atoms with van der Waals surface area (Å²) in [5.74, 6) is -1.26. The number of aryl methyl sites for hydroxylation is 1. The van der Waals surface area contributed by atoms with Gasteiger partial charge in [-0.2, -0.15) is 0 Å². The molecule has 0 aromatic heterocycles. The average molecular weight is 390 g/mol. The summed E-state index contributed by atoms with van der Waals surface area (Å²) in [6, 6.07) is 13.3. The Morgan fingerprint density at radius 1 is 1.07 bits per heavy atom. The fraction of sp³-hybridized carbons (Fsp3) is 0.350. The maximum absolute atomic E-state index is 13.3. The standard InChI is InChI=1S/C20H22O6S/c1-13-4-10-16(11-5-13)27(23,24)18-17(20(18,12-25-2)19(21)22)14-6-8-15(26-3)9-7-14/h4-11,17-18H,12H2,1-3H3,(H,21,22). The molecule has 0 radical (unpaired) electrons. The smallest absolute Gasteiger partial charge is 0.314 e. The van der Waals surface area contributed by atoms with Gasteiger partial charge in [-0.25, -0.2) is 8.42 Å². The number of rotatable bonds is 7. The third kappa shape index (κ3) is 3.11. The van der Waals surface area contributed by atoms with E-state index < -0.39 is 32.4 Å². The van der Waals surface area contributed by atoms with E-state index in [1.54, 1.807) is 36.4 Å². The Kier molecular flexibility index (Phi) is 5.01. The van der Waals surface area contributed by atoms with Crippen LogP contribution < -0.4 is 4.74 Å². The lowest BCUT2D eigenvalue weighted by atomic mass is 10.00. The van der Waals surface area contributed by atoms with Crippen LogP contribution in [0.25, 0.3) is 0 Å². The van der Waals surface area contributed by atoms with Crippen LogP contribution in [0.5, 0.6) is 5.75 Å². The van der Waals surface area contributed by atoms with E-state index in [4.69, 9.17) is 9.47 Å². The molecule has 1 aliphatic rings. The highest BCUT2D eigenvalue weighted by Gasteiger charge is 2.76. The van der Waals surface area contributed by atoms with Gasteiger partial charge in [0.1, 0.15) is 11.2 Å². The lowest BCUT2D eigenvalue weighted by molar-refractivity contribution is -0.145. The number of hydrogen-bond donors (Lipinski definition) is 1. The van der Waals surface area contributed by atoms with E-state index in [2.05, 4.69) is 0 Å². The molecule has 6 nitrogen and oxygen atoms in total. The molecule has 2 aromatic carbocycles. The van der Waals surface area contributed by atoms with Gasteiger partial charge in [0, 0.05) is 13.0 Å². The summed E-state index contributed by atoms with van der Waals surface area (Å²) in [5, 5.41) is 8.82. The van der Waals surface area contributed by atoms with Crippen LogP contribution in [0.2, 0.25) is 0 Å². The first-order valence-corrected chi connectivity index (χ1v) is 10.0. The van der Waals surface area contributed by atoms with Gasteiger partial charge >= 0.3 is 5.97 Å². The molecule has 3 rings (SSSR count). The molecule has 1 aliphatic carbocycles. The molecule has 144 valence electrons.